The molecular formula is C22H13FO7S. The van der Waals surface area contributed by atoms with E-state index in [4.69, 9.17) is 18.4 Å². The Kier molecular flexibility index (Phi) is 4.40. The van der Waals surface area contributed by atoms with Crippen LogP contribution in [0.3, 0.4) is 0 Å². The van der Waals surface area contributed by atoms with Crippen molar-refractivity contribution < 1.29 is 36.0 Å². The molecule has 0 amide bonds. The molecule has 9 heteroatoms. The van der Waals surface area contributed by atoms with Gasteiger partial charge in [-0.15, -0.1) is 0 Å². The van der Waals surface area contributed by atoms with Gasteiger partial charge in [0.1, 0.15) is 22.2 Å². The summed E-state index contributed by atoms with van der Waals surface area (Å²) in [6.45, 7) is 0.139. The quantitative estimate of drug-likeness (QED) is 0.449. The molecule has 3 aromatic carbocycles. The maximum absolute atomic E-state index is 13.0. The minimum atomic E-state index is -4.18. The van der Waals surface area contributed by atoms with E-state index in [0.717, 1.165) is 24.3 Å². The topological polar surface area (TPSA) is 88.1 Å². The van der Waals surface area contributed by atoms with Gasteiger partial charge < -0.3 is 18.4 Å². The molecule has 0 unspecified atom stereocenters. The lowest BCUT2D eigenvalue weighted by Gasteiger charge is -2.08. The second-order valence-electron chi connectivity index (χ2n) is 6.70. The highest BCUT2D eigenvalue weighted by molar-refractivity contribution is 7.87. The number of carbonyl (C=O) groups excluding carboxylic acids is 1. The van der Waals surface area contributed by atoms with Crippen molar-refractivity contribution in [2.75, 3.05) is 6.79 Å². The molecule has 5 rings (SSSR count). The predicted molar refractivity (Wildman–Crippen MR) is 106 cm³/mol. The number of carbonyl (C=O) groups is 1. The Balaban J connectivity index is 1.39. The molecule has 31 heavy (non-hydrogen) atoms. The van der Waals surface area contributed by atoms with Crippen molar-refractivity contribution >= 4 is 22.0 Å². The molecule has 0 atom stereocenters. The molecule has 0 saturated heterocycles. The molecule has 0 aromatic heterocycles. The summed E-state index contributed by atoms with van der Waals surface area (Å²) in [6, 6.07) is 13.5. The van der Waals surface area contributed by atoms with Crippen molar-refractivity contribution in [1.29, 1.82) is 0 Å². The zero-order valence-corrected chi connectivity index (χ0v) is 16.5. The van der Waals surface area contributed by atoms with E-state index in [0.29, 0.717) is 17.1 Å². The van der Waals surface area contributed by atoms with Gasteiger partial charge in [-0.3, -0.25) is 4.79 Å². The van der Waals surface area contributed by atoms with Gasteiger partial charge >= 0.3 is 10.1 Å². The summed E-state index contributed by atoms with van der Waals surface area (Å²) in [5.74, 6) is 0.481. The van der Waals surface area contributed by atoms with E-state index >= 15 is 0 Å². The fourth-order valence-electron chi connectivity index (χ4n) is 3.15. The van der Waals surface area contributed by atoms with Crippen LogP contribution in [-0.4, -0.2) is 21.0 Å². The van der Waals surface area contributed by atoms with E-state index in [2.05, 4.69) is 0 Å². The van der Waals surface area contributed by atoms with Crippen LogP contribution in [0.4, 0.5) is 4.39 Å². The molecule has 156 valence electrons. The Hall–Kier alpha value is -3.85. The third kappa shape index (κ3) is 3.59. The minimum absolute atomic E-state index is 0.0415. The van der Waals surface area contributed by atoms with Crippen molar-refractivity contribution in [2.24, 2.45) is 0 Å². The lowest BCUT2D eigenvalue weighted by atomic mass is 10.1. The van der Waals surface area contributed by atoms with Gasteiger partial charge in [-0.1, -0.05) is 6.07 Å². The van der Waals surface area contributed by atoms with Crippen molar-refractivity contribution in [2.45, 2.75) is 4.90 Å². The number of hydrogen-bond donors (Lipinski definition) is 0. The van der Waals surface area contributed by atoms with Gasteiger partial charge in [0.15, 0.2) is 17.3 Å². The number of benzene rings is 3. The summed E-state index contributed by atoms with van der Waals surface area (Å²) in [5.41, 5.74) is 0.953. The van der Waals surface area contributed by atoms with E-state index in [1.165, 1.54) is 18.2 Å². The molecule has 0 aliphatic carbocycles. The van der Waals surface area contributed by atoms with Crippen molar-refractivity contribution in [3.63, 3.8) is 0 Å². The molecule has 0 bridgehead atoms. The van der Waals surface area contributed by atoms with Crippen molar-refractivity contribution in [3.05, 3.63) is 83.4 Å². The van der Waals surface area contributed by atoms with Crippen molar-refractivity contribution in [1.82, 2.24) is 0 Å². The van der Waals surface area contributed by atoms with Crippen LogP contribution in [0.15, 0.2) is 71.3 Å². The average Bonchev–Trinajstić information content (AvgIpc) is 3.32. The van der Waals surface area contributed by atoms with Gasteiger partial charge in [0.25, 0.3) is 0 Å². The first-order valence-electron chi connectivity index (χ1n) is 9.07. The number of ether oxygens (including phenoxy) is 3. The molecule has 0 spiro atoms. The van der Waals surface area contributed by atoms with E-state index in [1.807, 2.05) is 0 Å². The summed E-state index contributed by atoms with van der Waals surface area (Å²) in [7, 11) is -4.18. The Morgan fingerprint density at radius 1 is 0.903 bits per heavy atom. The molecule has 2 aliphatic heterocycles. The SMILES string of the molecule is O=C1C(=Cc2ccc3c(c2)OCO3)Oc2cc(OS(=O)(=O)c3ccc(F)cc3)ccc21. The highest BCUT2D eigenvalue weighted by atomic mass is 32.2. The Bertz CT molecular complexity index is 1340. The monoisotopic (exact) mass is 440 g/mol. The maximum atomic E-state index is 13.0. The first-order chi connectivity index (χ1) is 14.9. The van der Waals surface area contributed by atoms with Gasteiger partial charge in [-0.05, 0) is 60.2 Å². The minimum Gasteiger partial charge on any atom is -0.454 e. The normalized spacial score (nSPS) is 15.6. The zero-order valence-electron chi connectivity index (χ0n) is 15.7. The molecule has 0 fully saturated rings. The zero-order chi connectivity index (χ0) is 21.6. The summed E-state index contributed by atoms with van der Waals surface area (Å²) in [4.78, 5) is 12.4. The van der Waals surface area contributed by atoms with E-state index in [1.54, 1.807) is 24.3 Å². The largest absolute Gasteiger partial charge is 0.454 e. The fraction of sp³-hybridized carbons (Fsp3) is 0.0455. The van der Waals surface area contributed by atoms with E-state index in [9.17, 15) is 17.6 Å². The van der Waals surface area contributed by atoms with Crippen LogP contribution >= 0.6 is 0 Å². The standard InChI is InChI=1S/C22H13FO7S/c23-14-2-5-16(6-3-14)31(25,26)30-15-4-7-17-19(11-15)29-21(22(17)24)10-13-1-8-18-20(9-13)28-12-27-18/h1-11H,12H2. The number of ketones is 1. The summed E-state index contributed by atoms with van der Waals surface area (Å²) >= 11 is 0. The second-order valence-corrected chi connectivity index (χ2v) is 8.25. The van der Waals surface area contributed by atoms with Crippen LogP contribution in [-0.2, 0) is 10.1 Å². The van der Waals surface area contributed by atoms with Crippen LogP contribution in [0.5, 0.6) is 23.0 Å². The molecular weight excluding hydrogens is 427 g/mol. The number of allylic oxidation sites excluding steroid dienone is 1. The molecule has 3 aromatic rings. The van der Waals surface area contributed by atoms with E-state index in [-0.39, 0.29) is 40.3 Å². The summed E-state index contributed by atoms with van der Waals surface area (Å²) < 4.78 is 59.1. The van der Waals surface area contributed by atoms with Gasteiger partial charge in [0.2, 0.25) is 12.6 Å². The second kappa shape index (κ2) is 7.13. The van der Waals surface area contributed by atoms with E-state index < -0.39 is 15.9 Å². The van der Waals surface area contributed by atoms with Crippen LogP contribution < -0.4 is 18.4 Å². The molecule has 2 aliphatic rings. The first-order valence-corrected chi connectivity index (χ1v) is 10.5. The van der Waals surface area contributed by atoms with Gasteiger partial charge in [0.05, 0.1) is 5.56 Å². The Labute approximate surface area is 176 Å². The van der Waals surface area contributed by atoms with Gasteiger partial charge in [-0.2, -0.15) is 8.42 Å². The summed E-state index contributed by atoms with van der Waals surface area (Å²) in [5, 5.41) is 0. The van der Waals surface area contributed by atoms with Crippen LogP contribution in [0.25, 0.3) is 6.08 Å². The van der Waals surface area contributed by atoms with Gasteiger partial charge in [0, 0.05) is 6.07 Å². The highest BCUT2D eigenvalue weighted by Gasteiger charge is 2.29. The lowest BCUT2D eigenvalue weighted by Crippen LogP contribution is -2.09. The lowest BCUT2D eigenvalue weighted by molar-refractivity contribution is 0.101. The number of halogens is 1. The van der Waals surface area contributed by atoms with Crippen molar-refractivity contribution in [3.8, 4) is 23.0 Å². The number of hydrogen-bond acceptors (Lipinski definition) is 7. The number of fused-ring (bicyclic) bond motifs is 2. The third-order valence-corrected chi connectivity index (χ3v) is 5.91. The van der Waals surface area contributed by atoms with Crippen LogP contribution in [0, 0.1) is 5.82 Å². The third-order valence-electron chi connectivity index (χ3n) is 4.64. The average molecular weight is 440 g/mol. The Morgan fingerprint density at radius 2 is 1.68 bits per heavy atom. The van der Waals surface area contributed by atoms with Crippen LogP contribution in [0.2, 0.25) is 0 Å². The highest BCUT2D eigenvalue weighted by Crippen LogP contribution is 2.37. The first kappa shape index (κ1) is 19.1. The molecule has 2 heterocycles. The number of rotatable bonds is 4. The molecule has 7 nitrogen and oxygen atoms in total. The van der Waals surface area contributed by atoms with Gasteiger partial charge in [-0.25, -0.2) is 4.39 Å². The maximum Gasteiger partial charge on any atom is 0.339 e. The fourth-order valence-corrected chi connectivity index (χ4v) is 4.07. The van der Waals surface area contributed by atoms with Crippen LogP contribution in [0.1, 0.15) is 15.9 Å². The Morgan fingerprint density at radius 3 is 2.48 bits per heavy atom. The number of Topliss-reactive ketones (excluding diaryl/α,β-unsaturated/α-hetero) is 1. The molecule has 0 radical (unpaired) electrons. The molecule has 0 N–H and O–H groups in total. The molecule has 0 saturated carbocycles. The predicted octanol–water partition coefficient (Wildman–Crippen LogP) is 3.94. The summed E-state index contributed by atoms with van der Waals surface area (Å²) in [6.07, 6.45) is 1.56. The smallest absolute Gasteiger partial charge is 0.339 e.